The fourth-order valence-corrected chi connectivity index (χ4v) is 0.236. The summed E-state index contributed by atoms with van der Waals surface area (Å²) in [7, 11) is 3.50. The zero-order valence-electron chi connectivity index (χ0n) is 10.4. The summed E-state index contributed by atoms with van der Waals surface area (Å²) in [6.07, 6.45) is -2.06. The molecule has 0 aliphatic heterocycles. The summed E-state index contributed by atoms with van der Waals surface area (Å²) in [5.74, 6) is -6.50. The number of aliphatic carboxylic acids is 4. The standard InChI is InChI=1S/2C3H4O4.2CH5N.Cu/c2*4-2(5)1-3(6)7;2*1-2;/h2*1H2,(H,4,5)(H,6,7);2*2H2,1H3;/q;;;;+2/p-2. The summed E-state index contributed by atoms with van der Waals surface area (Å²) < 4.78 is 0. The molecule has 0 bridgehead atoms. The summed E-state index contributed by atoms with van der Waals surface area (Å²) >= 11 is 0. The van der Waals surface area contributed by atoms with Gasteiger partial charge in [-0.05, 0) is 0 Å². The third-order valence-corrected chi connectivity index (χ3v) is 0.577. The molecule has 0 aromatic carbocycles. The van der Waals surface area contributed by atoms with E-state index in [1.54, 1.807) is 14.1 Å². The zero-order chi connectivity index (χ0) is 15.7. The van der Waals surface area contributed by atoms with Crippen molar-refractivity contribution in [3.8, 4) is 0 Å². The van der Waals surface area contributed by atoms with E-state index in [0.717, 1.165) is 0 Å². The van der Waals surface area contributed by atoms with E-state index in [-0.39, 0.29) is 17.1 Å². The van der Waals surface area contributed by atoms with E-state index in [9.17, 15) is 39.6 Å². The Hall–Kier alpha value is -1.68. The second-order valence-corrected chi connectivity index (χ2v) is 1.84. The summed E-state index contributed by atoms with van der Waals surface area (Å²) in [5.41, 5.74) is 6.50. The molecule has 0 spiro atoms. The van der Waals surface area contributed by atoms with E-state index in [1.165, 1.54) is 0 Å². The average Bonchev–Trinajstić information content (AvgIpc) is 2.20. The number of hydrogen-bond acceptors (Lipinski definition) is 8. The minimum Gasteiger partial charge on any atom is -0.550 e. The molecule has 0 rings (SSSR count). The quantitative estimate of drug-likeness (QED) is 0.371. The van der Waals surface area contributed by atoms with Crippen molar-refractivity contribution in [1.29, 1.82) is 0 Å². The van der Waals surface area contributed by atoms with Crippen molar-refractivity contribution in [3.05, 3.63) is 0 Å². The van der Waals surface area contributed by atoms with E-state index in [2.05, 4.69) is 11.5 Å². The van der Waals surface area contributed by atoms with Gasteiger partial charge in [-0.25, -0.2) is 0 Å². The number of carbonyl (C=O) groups is 4. The van der Waals surface area contributed by atoms with Gasteiger partial charge in [0.1, 0.15) is 0 Å². The predicted molar refractivity (Wildman–Crippen MR) is 46.9 cm³/mol. The molecule has 0 heterocycles. The molecule has 11 heteroatoms. The SMILES string of the molecule is C[NH3+].C[NH3+].O=C([O-])CC(=O)[O-].O=C([O-])CC(=O)[O-].[Cu+2]. The maximum atomic E-state index is 9.28. The van der Waals surface area contributed by atoms with Crippen molar-refractivity contribution in [3.63, 3.8) is 0 Å². The van der Waals surface area contributed by atoms with Crippen LogP contribution in [0, 0.1) is 0 Å². The number of carboxylic acids is 4. The van der Waals surface area contributed by atoms with Crippen LogP contribution in [0.4, 0.5) is 0 Å². The van der Waals surface area contributed by atoms with Crippen LogP contribution >= 0.6 is 0 Å². The third-order valence-electron chi connectivity index (χ3n) is 0.577. The van der Waals surface area contributed by atoms with E-state index in [0.29, 0.717) is 0 Å². The molecular weight excluding hydrogens is 316 g/mol. The number of carboxylic acid groups (broad SMARTS) is 4. The molecule has 0 amide bonds. The molecule has 0 aliphatic rings. The van der Waals surface area contributed by atoms with Crippen molar-refractivity contribution >= 4 is 23.9 Å². The first-order chi connectivity index (χ1) is 8.25. The fraction of sp³-hybridized carbons (Fsp3) is 0.500. The molecule has 10 nitrogen and oxygen atoms in total. The Labute approximate surface area is 119 Å². The van der Waals surface area contributed by atoms with Gasteiger partial charge in [0.15, 0.2) is 0 Å². The molecule has 0 unspecified atom stereocenters. The molecule has 19 heavy (non-hydrogen) atoms. The van der Waals surface area contributed by atoms with Gasteiger partial charge in [0.05, 0.1) is 14.1 Å². The second kappa shape index (κ2) is 25.2. The Morgan fingerprint density at radius 1 is 0.632 bits per heavy atom. The second-order valence-electron chi connectivity index (χ2n) is 1.84. The molecular formula is C8H16CuN2O8. The van der Waals surface area contributed by atoms with Crippen LogP contribution in [0.3, 0.4) is 0 Å². The van der Waals surface area contributed by atoms with Gasteiger partial charge in [0.2, 0.25) is 0 Å². The van der Waals surface area contributed by atoms with Crippen LogP contribution in [0.25, 0.3) is 0 Å². The van der Waals surface area contributed by atoms with Crippen molar-refractivity contribution in [2.45, 2.75) is 12.8 Å². The maximum Gasteiger partial charge on any atom is 2.00 e. The van der Waals surface area contributed by atoms with Crippen LogP contribution in [-0.4, -0.2) is 38.0 Å². The van der Waals surface area contributed by atoms with Crippen molar-refractivity contribution in [1.82, 2.24) is 0 Å². The van der Waals surface area contributed by atoms with Crippen LogP contribution in [0.1, 0.15) is 12.8 Å². The summed E-state index contributed by atoms with van der Waals surface area (Å²) in [6.45, 7) is 0. The minimum atomic E-state index is -1.63. The van der Waals surface area contributed by atoms with Gasteiger partial charge < -0.3 is 51.1 Å². The largest absolute Gasteiger partial charge is 2.00 e. The number of carbonyl (C=O) groups excluding carboxylic acids is 4. The van der Waals surface area contributed by atoms with Crippen LogP contribution < -0.4 is 31.9 Å². The molecule has 117 valence electrons. The first-order valence-corrected chi connectivity index (χ1v) is 4.46. The summed E-state index contributed by atoms with van der Waals surface area (Å²) in [5, 5.41) is 37.1. The van der Waals surface area contributed by atoms with E-state index in [4.69, 9.17) is 0 Å². The molecule has 0 aliphatic carbocycles. The molecule has 0 saturated heterocycles. The Bertz CT molecular complexity index is 209. The van der Waals surface area contributed by atoms with E-state index >= 15 is 0 Å². The van der Waals surface area contributed by atoms with Gasteiger partial charge in [-0.1, -0.05) is 0 Å². The third kappa shape index (κ3) is 83.8. The zero-order valence-corrected chi connectivity index (χ0v) is 11.3. The van der Waals surface area contributed by atoms with Gasteiger partial charge in [-0.2, -0.15) is 0 Å². The Kier molecular flexibility index (Phi) is 40.4. The van der Waals surface area contributed by atoms with Crippen molar-refractivity contribution in [2.75, 3.05) is 14.1 Å². The van der Waals surface area contributed by atoms with Crippen molar-refractivity contribution in [2.24, 2.45) is 0 Å². The number of rotatable bonds is 4. The summed E-state index contributed by atoms with van der Waals surface area (Å²) in [6, 6.07) is 0. The molecule has 1 radical (unpaired) electrons. The molecule has 0 fully saturated rings. The molecule has 0 atom stereocenters. The smallest absolute Gasteiger partial charge is 0.550 e. The molecule has 0 aromatic rings. The normalized spacial score (nSPS) is 6.53. The fourth-order valence-electron chi connectivity index (χ4n) is 0.236. The monoisotopic (exact) mass is 331 g/mol. The van der Waals surface area contributed by atoms with Crippen LogP contribution in [0.5, 0.6) is 0 Å². The average molecular weight is 332 g/mol. The Balaban J connectivity index is -0.0000000522. The van der Waals surface area contributed by atoms with Crippen molar-refractivity contribution < 1.29 is 68.1 Å². The molecule has 6 N–H and O–H groups in total. The topological polar surface area (TPSA) is 216 Å². The molecule has 0 saturated carbocycles. The Morgan fingerprint density at radius 2 is 0.737 bits per heavy atom. The number of quaternary nitrogens is 2. The van der Waals surface area contributed by atoms with E-state index < -0.39 is 36.7 Å². The van der Waals surface area contributed by atoms with Gasteiger partial charge >= 0.3 is 17.1 Å². The van der Waals surface area contributed by atoms with Crippen LogP contribution in [0.15, 0.2) is 0 Å². The van der Waals surface area contributed by atoms with Gasteiger partial charge in [0, 0.05) is 36.7 Å². The van der Waals surface area contributed by atoms with Gasteiger partial charge in [-0.15, -0.1) is 0 Å². The van der Waals surface area contributed by atoms with Crippen LogP contribution in [-0.2, 0) is 36.2 Å². The first-order valence-electron chi connectivity index (χ1n) is 4.46. The summed E-state index contributed by atoms with van der Waals surface area (Å²) in [4.78, 5) is 37.1. The Morgan fingerprint density at radius 3 is 0.737 bits per heavy atom. The van der Waals surface area contributed by atoms with Crippen LogP contribution in [0.2, 0.25) is 0 Å². The maximum absolute atomic E-state index is 9.28. The van der Waals surface area contributed by atoms with Gasteiger partial charge in [-0.3, -0.25) is 0 Å². The predicted octanol–water partition coefficient (Wildman–Crippen LogP) is -8.53. The number of hydrogen-bond donors (Lipinski definition) is 2. The first kappa shape index (κ1) is 30.4. The molecule has 0 aromatic heterocycles. The minimum absolute atomic E-state index is 0. The van der Waals surface area contributed by atoms with Gasteiger partial charge in [0.25, 0.3) is 0 Å². The van der Waals surface area contributed by atoms with E-state index in [1.807, 2.05) is 0 Å².